The quantitative estimate of drug-likeness (QED) is 0.223. The van der Waals surface area contributed by atoms with E-state index in [1.165, 1.54) is 0 Å². The second-order valence-electron chi connectivity index (χ2n) is 11.2. The van der Waals surface area contributed by atoms with Gasteiger partial charge in [-0.25, -0.2) is 9.59 Å². The highest BCUT2D eigenvalue weighted by Gasteiger charge is 2.51. The van der Waals surface area contributed by atoms with Gasteiger partial charge in [-0.3, -0.25) is 4.79 Å². The third-order valence-corrected chi connectivity index (χ3v) is 6.89. The Bertz CT molecular complexity index is 1280. The molecule has 1 fully saturated rings. The predicted octanol–water partition coefficient (Wildman–Crippen LogP) is 5.99. The fourth-order valence-electron chi connectivity index (χ4n) is 5.05. The maximum Gasteiger partial charge on any atom is 0.407 e. The van der Waals surface area contributed by atoms with Crippen LogP contribution in [0.25, 0.3) is 0 Å². The minimum Gasteiger partial charge on any atom is -0.445 e. The van der Waals surface area contributed by atoms with Gasteiger partial charge < -0.3 is 25.0 Å². The zero-order valence-electron chi connectivity index (χ0n) is 23.9. The van der Waals surface area contributed by atoms with E-state index in [-0.39, 0.29) is 18.6 Å². The summed E-state index contributed by atoms with van der Waals surface area (Å²) in [5.41, 5.74) is 2.31. The van der Waals surface area contributed by atoms with Crippen LogP contribution in [0.2, 0.25) is 0 Å². The van der Waals surface area contributed by atoms with Crippen LogP contribution < -0.4 is 10.6 Å². The van der Waals surface area contributed by atoms with Crippen molar-refractivity contribution in [3.8, 4) is 0 Å². The van der Waals surface area contributed by atoms with Gasteiger partial charge >= 0.3 is 12.2 Å². The lowest BCUT2D eigenvalue weighted by atomic mass is 9.76. The van der Waals surface area contributed by atoms with Crippen LogP contribution >= 0.6 is 0 Å². The average molecular weight is 558 g/mol. The Morgan fingerprint density at radius 2 is 1.44 bits per heavy atom. The van der Waals surface area contributed by atoms with Crippen molar-refractivity contribution in [2.24, 2.45) is 5.92 Å². The molecule has 0 unspecified atom stereocenters. The van der Waals surface area contributed by atoms with Crippen molar-refractivity contribution >= 4 is 18.1 Å². The van der Waals surface area contributed by atoms with Crippen LogP contribution in [-0.4, -0.2) is 41.2 Å². The molecule has 8 heteroatoms. The molecule has 216 valence electrons. The Kier molecular flexibility index (Phi) is 10.0. The van der Waals surface area contributed by atoms with Crippen molar-refractivity contribution in [3.05, 3.63) is 108 Å². The van der Waals surface area contributed by atoms with Gasteiger partial charge in [0.2, 0.25) is 5.91 Å². The van der Waals surface area contributed by atoms with E-state index >= 15 is 0 Å². The number of likely N-dealkylation sites (tertiary alicyclic amines) is 1. The number of carbonyl (C=O) groups is 3. The van der Waals surface area contributed by atoms with E-state index in [9.17, 15) is 14.4 Å². The van der Waals surface area contributed by atoms with Crippen LogP contribution in [-0.2, 0) is 27.4 Å². The molecular formula is C33H39N3O5. The third-order valence-electron chi connectivity index (χ3n) is 6.89. The van der Waals surface area contributed by atoms with E-state index in [1.54, 1.807) is 20.8 Å². The normalized spacial score (nSPS) is 17.2. The molecule has 2 N–H and O–H groups in total. The average Bonchev–Trinajstić information content (AvgIpc) is 2.96. The highest BCUT2D eigenvalue weighted by Crippen LogP contribution is 2.44. The summed E-state index contributed by atoms with van der Waals surface area (Å²) in [6, 6.07) is 28.5. The Morgan fingerprint density at radius 3 is 2.05 bits per heavy atom. The molecule has 1 heterocycles. The van der Waals surface area contributed by atoms with Gasteiger partial charge in [-0.15, -0.1) is 0 Å². The van der Waals surface area contributed by atoms with E-state index in [2.05, 4.69) is 10.6 Å². The lowest BCUT2D eigenvalue weighted by Crippen LogP contribution is -2.62. The van der Waals surface area contributed by atoms with E-state index in [1.807, 2.05) is 95.9 Å². The van der Waals surface area contributed by atoms with Crippen LogP contribution in [0.4, 0.5) is 9.59 Å². The van der Waals surface area contributed by atoms with Gasteiger partial charge in [0.05, 0.1) is 12.0 Å². The van der Waals surface area contributed by atoms with Gasteiger partial charge in [-0.2, -0.15) is 0 Å². The standard InChI is InChI=1S/C33H39N3O5/c1-33(2,3)41-31(38)34-21-13-20-27(35-32(39)40-23-25-16-9-5-10-17-25)28-29(26-18-11-6-12-19-26)36(30(28)37)22-24-14-7-4-8-15-24/h4-12,14-19,27-29H,13,20-23H2,1-3H3,(H,34,38)(H,35,39)/t27-,28+,29+/m0/s1. The highest BCUT2D eigenvalue weighted by molar-refractivity contribution is 5.88. The maximum absolute atomic E-state index is 13.7. The first-order valence-corrected chi connectivity index (χ1v) is 14.0. The monoisotopic (exact) mass is 557 g/mol. The van der Waals surface area contributed by atoms with Gasteiger partial charge in [-0.05, 0) is 50.3 Å². The number of hydrogen-bond donors (Lipinski definition) is 2. The summed E-state index contributed by atoms with van der Waals surface area (Å²) in [5.74, 6) is -0.511. The molecule has 0 aliphatic carbocycles. The predicted molar refractivity (Wildman–Crippen MR) is 157 cm³/mol. The number of hydrogen-bond acceptors (Lipinski definition) is 5. The van der Waals surface area contributed by atoms with Gasteiger partial charge in [0, 0.05) is 19.1 Å². The smallest absolute Gasteiger partial charge is 0.407 e. The summed E-state index contributed by atoms with van der Waals surface area (Å²) in [5, 5.41) is 5.74. The number of rotatable bonds is 11. The first kappa shape index (κ1) is 29.6. The van der Waals surface area contributed by atoms with E-state index in [0.717, 1.165) is 16.7 Å². The van der Waals surface area contributed by atoms with E-state index < -0.39 is 29.7 Å². The fourth-order valence-corrected chi connectivity index (χ4v) is 5.05. The zero-order valence-corrected chi connectivity index (χ0v) is 23.9. The first-order chi connectivity index (χ1) is 19.7. The van der Waals surface area contributed by atoms with E-state index in [4.69, 9.17) is 9.47 Å². The fraction of sp³-hybridized carbons (Fsp3) is 0.364. The summed E-state index contributed by atoms with van der Waals surface area (Å²) in [6.45, 7) is 6.36. The Balaban J connectivity index is 1.49. The van der Waals surface area contributed by atoms with Gasteiger partial charge in [0.25, 0.3) is 0 Å². The molecule has 1 aliphatic heterocycles. The second-order valence-corrected chi connectivity index (χ2v) is 11.2. The number of nitrogens with one attached hydrogen (secondary N) is 2. The molecule has 3 atom stereocenters. The SMILES string of the molecule is CC(C)(C)OC(=O)NCCC[C@H](NC(=O)OCc1ccccc1)[C@H]1C(=O)N(Cc2ccccc2)[C@@H]1c1ccccc1. The van der Waals surface area contributed by atoms with Crippen LogP contribution in [0.3, 0.4) is 0 Å². The summed E-state index contributed by atoms with van der Waals surface area (Å²) < 4.78 is 10.8. The summed E-state index contributed by atoms with van der Waals surface area (Å²) in [7, 11) is 0. The molecule has 0 aromatic heterocycles. The number of benzene rings is 3. The van der Waals surface area contributed by atoms with Crippen molar-refractivity contribution in [1.29, 1.82) is 0 Å². The number of alkyl carbamates (subject to hydrolysis) is 2. The number of β-lactam (4-membered cyclic amide) rings is 1. The van der Waals surface area contributed by atoms with Crippen molar-refractivity contribution in [2.75, 3.05) is 6.54 Å². The molecule has 3 aromatic carbocycles. The molecule has 41 heavy (non-hydrogen) atoms. The van der Waals surface area contributed by atoms with Gasteiger partial charge in [0.15, 0.2) is 0 Å². The Hall–Kier alpha value is -4.33. The Morgan fingerprint density at radius 1 is 0.854 bits per heavy atom. The first-order valence-electron chi connectivity index (χ1n) is 14.0. The molecule has 3 amide bonds. The number of ether oxygens (including phenoxy) is 2. The zero-order chi connectivity index (χ0) is 29.2. The minimum absolute atomic E-state index is 0.0313. The minimum atomic E-state index is -0.597. The van der Waals surface area contributed by atoms with Crippen molar-refractivity contribution in [2.45, 2.75) is 64.4 Å². The van der Waals surface area contributed by atoms with Crippen molar-refractivity contribution in [3.63, 3.8) is 0 Å². The van der Waals surface area contributed by atoms with Crippen molar-refractivity contribution in [1.82, 2.24) is 15.5 Å². The molecule has 1 aliphatic rings. The lowest BCUT2D eigenvalue weighted by Gasteiger charge is -2.50. The number of carbonyl (C=O) groups excluding carboxylic acids is 3. The van der Waals surface area contributed by atoms with Crippen molar-refractivity contribution < 1.29 is 23.9 Å². The molecule has 1 saturated heterocycles. The molecule has 8 nitrogen and oxygen atoms in total. The van der Waals surface area contributed by atoms with Gasteiger partial charge in [-0.1, -0.05) is 91.0 Å². The third kappa shape index (κ3) is 8.58. The number of nitrogens with zero attached hydrogens (tertiary/aromatic N) is 1. The Labute approximate surface area is 242 Å². The molecule has 3 aromatic rings. The van der Waals surface area contributed by atoms with Crippen LogP contribution in [0.5, 0.6) is 0 Å². The molecule has 0 bridgehead atoms. The van der Waals surface area contributed by atoms with E-state index in [0.29, 0.717) is 25.9 Å². The lowest BCUT2D eigenvalue weighted by molar-refractivity contribution is -0.160. The van der Waals surface area contributed by atoms with Crippen LogP contribution in [0.1, 0.15) is 56.3 Å². The molecule has 4 rings (SSSR count). The topological polar surface area (TPSA) is 97.0 Å². The summed E-state index contributed by atoms with van der Waals surface area (Å²) in [4.78, 5) is 40.6. The largest absolute Gasteiger partial charge is 0.445 e. The molecule has 0 radical (unpaired) electrons. The molecule has 0 spiro atoms. The highest BCUT2D eigenvalue weighted by atomic mass is 16.6. The van der Waals surface area contributed by atoms with Crippen LogP contribution in [0.15, 0.2) is 91.0 Å². The second kappa shape index (κ2) is 13.8. The summed E-state index contributed by atoms with van der Waals surface area (Å²) >= 11 is 0. The summed E-state index contributed by atoms with van der Waals surface area (Å²) in [6.07, 6.45) is -0.0811. The molecule has 0 saturated carbocycles. The number of amides is 3. The maximum atomic E-state index is 13.7. The molecular weight excluding hydrogens is 518 g/mol. The van der Waals surface area contributed by atoms with Gasteiger partial charge in [0.1, 0.15) is 12.2 Å². The van der Waals surface area contributed by atoms with Crippen LogP contribution in [0, 0.1) is 5.92 Å².